The van der Waals surface area contributed by atoms with Gasteiger partial charge < -0.3 is 10.6 Å². The van der Waals surface area contributed by atoms with E-state index in [1.165, 1.54) is 24.8 Å². The predicted molar refractivity (Wildman–Crippen MR) is 98.3 cm³/mol. The number of carbonyl (C=O) groups is 1. The quantitative estimate of drug-likeness (QED) is 0.537. The van der Waals surface area contributed by atoms with Gasteiger partial charge in [-0.05, 0) is 43.1 Å². The smallest absolute Gasteiger partial charge is 0.226 e. The molecule has 4 heteroatoms. The first-order valence-electron chi connectivity index (χ1n) is 8.27. The van der Waals surface area contributed by atoms with Crippen molar-refractivity contribution in [2.45, 2.75) is 65.7 Å². The number of thiocarbonyl (C=S) groups is 1. The third-order valence-electron chi connectivity index (χ3n) is 3.74. The zero-order valence-electron chi connectivity index (χ0n) is 14.0. The lowest BCUT2D eigenvalue weighted by Crippen LogP contribution is -2.34. The fraction of sp³-hybridized carbons (Fsp3) is 0.556. The fourth-order valence-corrected chi connectivity index (χ4v) is 2.64. The van der Waals surface area contributed by atoms with E-state index in [1.807, 2.05) is 19.1 Å². The highest BCUT2D eigenvalue weighted by atomic mass is 32.1. The summed E-state index contributed by atoms with van der Waals surface area (Å²) < 4.78 is 0. The van der Waals surface area contributed by atoms with Crippen LogP contribution in [0.5, 0.6) is 0 Å². The summed E-state index contributed by atoms with van der Waals surface area (Å²) in [6.07, 6.45) is 7.18. The molecule has 0 radical (unpaired) electrons. The summed E-state index contributed by atoms with van der Waals surface area (Å²) in [5, 5.41) is 6.34. The van der Waals surface area contributed by atoms with Crippen molar-refractivity contribution in [3.8, 4) is 0 Å². The van der Waals surface area contributed by atoms with Gasteiger partial charge in [-0.25, -0.2) is 0 Å². The zero-order valence-corrected chi connectivity index (χ0v) is 14.8. The molecule has 0 spiro atoms. The van der Waals surface area contributed by atoms with E-state index in [9.17, 15) is 4.79 Å². The Morgan fingerprint density at radius 3 is 2.55 bits per heavy atom. The van der Waals surface area contributed by atoms with Gasteiger partial charge in [-0.3, -0.25) is 4.79 Å². The Labute approximate surface area is 139 Å². The standard InChI is InChI=1S/C18H28N2OS/c1-4-6-7-8-9-13-16(21)19-18(22)20-17-14(3)11-10-12-15(17)5-2/h10-12H,4-9,13H2,1-3H3,(H2,19,20,21,22). The molecule has 0 bridgehead atoms. The molecule has 0 aliphatic carbocycles. The third kappa shape index (κ3) is 6.56. The van der Waals surface area contributed by atoms with E-state index in [2.05, 4.69) is 30.5 Å². The van der Waals surface area contributed by atoms with Crippen molar-refractivity contribution < 1.29 is 4.79 Å². The normalized spacial score (nSPS) is 10.3. The Kier molecular flexibility index (Phi) is 8.75. The molecule has 0 fully saturated rings. The minimum absolute atomic E-state index is 0.000584. The maximum Gasteiger partial charge on any atom is 0.226 e. The summed E-state index contributed by atoms with van der Waals surface area (Å²) in [5.41, 5.74) is 3.35. The van der Waals surface area contributed by atoms with Gasteiger partial charge in [0, 0.05) is 12.1 Å². The second kappa shape index (κ2) is 10.3. The first-order valence-corrected chi connectivity index (χ1v) is 8.68. The van der Waals surface area contributed by atoms with Crippen LogP contribution < -0.4 is 10.6 Å². The van der Waals surface area contributed by atoms with Crippen LogP contribution in [-0.4, -0.2) is 11.0 Å². The van der Waals surface area contributed by atoms with Crippen LogP contribution in [0.25, 0.3) is 0 Å². The Hall–Kier alpha value is -1.42. The van der Waals surface area contributed by atoms with Crippen LogP contribution in [0.4, 0.5) is 5.69 Å². The summed E-state index contributed by atoms with van der Waals surface area (Å²) in [6, 6.07) is 6.16. The van der Waals surface area contributed by atoms with Crippen LogP contribution >= 0.6 is 12.2 Å². The van der Waals surface area contributed by atoms with Gasteiger partial charge in [0.1, 0.15) is 0 Å². The molecule has 0 unspecified atom stereocenters. The van der Waals surface area contributed by atoms with Gasteiger partial charge in [0.2, 0.25) is 5.91 Å². The SMILES string of the molecule is CCCCCCCC(=O)NC(=S)Nc1c(C)cccc1CC. The van der Waals surface area contributed by atoms with Crippen molar-refractivity contribution in [1.29, 1.82) is 0 Å². The number of benzene rings is 1. The molecule has 0 aliphatic heterocycles. The van der Waals surface area contributed by atoms with Crippen LogP contribution in [0.15, 0.2) is 18.2 Å². The summed E-state index contributed by atoms with van der Waals surface area (Å²) in [6.45, 7) is 6.34. The van der Waals surface area contributed by atoms with Gasteiger partial charge >= 0.3 is 0 Å². The van der Waals surface area contributed by atoms with E-state index >= 15 is 0 Å². The van der Waals surface area contributed by atoms with Crippen molar-refractivity contribution in [2.75, 3.05) is 5.32 Å². The average Bonchev–Trinajstić information content (AvgIpc) is 2.49. The molecular formula is C18H28N2OS. The highest BCUT2D eigenvalue weighted by Crippen LogP contribution is 2.20. The molecule has 1 amide bonds. The second-order valence-corrected chi connectivity index (χ2v) is 6.04. The number of unbranched alkanes of at least 4 members (excludes halogenated alkanes) is 4. The van der Waals surface area contributed by atoms with E-state index in [4.69, 9.17) is 12.2 Å². The van der Waals surface area contributed by atoms with E-state index in [1.54, 1.807) is 0 Å². The highest BCUT2D eigenvalue weighted by Gasteiger charge is 2.08. The lowest BCUT2D eigenvalue weighted by atomic mass is 10.1. The Balaban J connectivity index is 2.41. The molecule has 1 aromatic rings. The molecular weight excluding hydrogens is 292 g/mol. The number of hydrogen-bond acceptors (Lipinski definition) is 2. The molecule has 0 saturated heterocycles. The van der Waals surface area contributed by atoms with Gasteiger partial charge in [-0.15, -0.1) is 0 Å². The van der Waals surface area contributed by atoms with Crippen molar-refractivity contribution in [1.82, 2.24) is 5.32 Å². The maximum absolute atomic E-state index is 11.9. The van der Waals surface area contributed by atoms with E-state index in [0.717, 1.165) is 30.5 Å². The molecule has 122 valence electrons. The second-order valence-electron chi connectivity index (χ2n) is 5.63. The predicted octanol–water partition coefficient (Wildman–Crippen LogP) is 4.73. The fourth-order valence-electron chi connectivity index (χ4n) is 2.43. The van der Waals surface area contributed by atoms with Crippen molar-refractivity contribution >= 4 is 28.9 Å². The van der Waals surface area contributed by atoms with E-state index < -0.39 is 0 Å². The van der Waals surface area contributed by atoms with Gasteiger partial charge in [-0.2, -0.15) is 0 Å². The Bertz CT molecular complexity index is 500. The van der Waals surface area contributed by atoms with Gasteiger partial charge in [-0.1, -0.05) is 57.7 Å². The summed E-state index contributed by atoms with van der Waals surface area (Å²) in [7, 11) is 0. The third-order valence-corrected chi connectivity index (χ3v) is 3.94. The van der Waals surface area contributed by atoms with Gasteiger partial charge in [0.15, 0.2) is 5.11 Å². The van der Waals surface area contributed by atoms with Gasteiger partial charge in [0.05, 0.1) is 0 Å². The van der Waals surface area contributed by atoms with E-state index in [-0.39, 0.29) is 5.91 Å². The number of para-hydroxylation sites is 1. The molecule has 2 N–H and O–H groups in total. The monoisotopic (exact) mass is 320 g/mol. The number of carbonyl (C=O) groups excluding carboxylic acids is 1. The Morgan fingerprint density at radius 2 is 1.86 bits per heavy atom. The molecule has 0 aliphatic rings. The van der Waals surface area contributed by atoms with E-state index in [0.29, 0.717) is 11.5 Å². The Morgan fingerprint density at radius 1 is 1.14 bits per heavy atom. The van der Waals surface area contributed by atoms with Crippen molar-refractivity contribution in [2.24, 2.45) is 0 Å². The summed E-state index contributed by atoms with van der Waals surface area (Å²) >= 11 is 5.26. The zero-order chi connectivity index (χ0) is 16.4. The van der Waals surface area contributed by atoms with Crippen LogP contribution in [-0.2, 0) is 11.2 Å². The lowest BCUT2D eigenvalue weighted by molar-refractivity contribution is -0.119. The largest absolute Gasteiger partial charge is 0.332 e. The molecule has 0 heterocycles. The maximum atomic E-state index is 11.9. The lowest BCUT2D eigenvalue weighted by Gasteiger charge is -2.15. The minimum atomic E-state index is 0.000584. The summed E-state index contributed by atoms with van der Waals surface area (Å²) in [5.74, 6) is 0.000584. The first kappa shape index (κ1) is 18.6. The minimum Gasteiger partial charge on any atom is -0.332 e. The first-order chi connectivity index (χ1) is 10.6. The molecule has 3 nitrogen and oxygen atoms in total. The topological polar surface area (TPSA) is 41.1 Å². The number of aryl methyl sites for hydroxylation is 2. The van der Waals surface area contributed by atoms with Crippen molar-refractivity contribution in [3.63, 3.8) is 0 Å². The number of anilines is 1. The number of rotatable bonds is 8. The molecule has 22 heavy (non-hydrogen) atoms. The molecule has 1 aromatic carbocycles. The molecule has 0 saturated carbocycles. The van der Waals surface area contributed by atoms with Crippen LogP contribution in [0.2, 0.25) is 0 Å². The number of hydrogen-bond donors (Lipinski definition) is 2. The van der Waals surface area contributed by atoms with Crippen molar-refractivity contribution in [3.05, 3.63) is 29.3 Å². The van der Waals surface area contributed by atoms with Gasteiger partial charge in [0.25, 0.3) is 0 Å². The molecule has 1 rings (SSSR count). The molecule has 0 atom stereocenters. The molecule has 0 aromatic heterocycles. The summed E-state index contributed by atoms with van der Waals surface area (Å²) in [4.78, 5) is 11.9. The van der Waals surface area contributed by atoms with Crippen LogP contribution in [0.1, 0.15) is 63.5 Å². The van der Waals surface area contributed by atoms with Crippen LogP contribution in [0.3, 0.4) is 0 Å². The van der Waals surface area contributed by atoms with Crippen LogP contribution in [0, 0.1) is 6.92 Å². The average molecular weight is 321 g/mol. The number of amides is 1. The highest BCUT2D eigenvalue weighted by molar-refractivity contribution is 7.80. The number of nitrogens with one attached hydrogen (secondary N) is 2.